The Labute approximate surface area is 106 Å². The molecule has 0 aliphatic carbocycles. The van der Waals surface area contributed by atoms with Crippen molar-refractivity contribution in [3.05, 3.63) is 16.7 Å². The molecule has 17 heavy (non-hydrogen) atoms. The molecule has 0 radical (unpaired) electrons. The summed E-state index contributed by atoms with van der Waals surface area (Å²) in [6.45, 7) is 1.81. The molecule has 96 valence electrons. The summed E-state index contributed by atoms with van der Waals surface area (Å²) < 4.78 is 15.7. The Hall–Kier alpha value is -1.13. The molecular formula is C12H17ClO4. The minimum absolute atomic E-state index is 0.0353. The van der Waals surface area contributed by atoms with Gasteiger partial charge in [-0.15, -0.1) is 0 Å². The average Bonchev–Trinajstić information content (AvgIpc) is 2.36. The smallest absolute Gasteiger partial charge is 0.166 e. The van der Waals surface area contributed by atoms with Gasteiger partial charge in [0.2, 0.25) is 0 Å². The maximum absolute atomic E-state index is 9.26. The van der Waals surface area contributed by atoms with E-state index in [1.165, 1.54) is 14.2 Å². The summed E-state index contributed by atoms with van der Waals surface area (Å²) in [7, 11) is 4.60. The van der Waals surface area contributed by atoms with Crippen LogP contribution in [0.2, 0.25) is 5.02 Å². The number of methoxy groups -OCH3 is 3. The van der Waals surface area contributed by atoms with E-state index >= 15 is 0 Å². The van der Waals surface area contributed by atoms with Gasteiger partial charge < -0.3 is 19.3 Å². The third-order valence-corrected chi connectivity index (χ3v) is 2.98. The standard InChI is InChI=1S/C12H17ClO4/c1-7(6-14)10-11(13)8(15-2)5-9(16-3)12(10)17-4/h5,7,14H,6H2,1-4H3. The number of aliphatic hydroxyl groups excluding tert-OH is 1. The van der Waals surface area contributed by atoms with Crippen LogP contribution in [-0.4, -0.2) is 33.0 Å². The fraction of sp³-hybridized carbons (Fsp3) is 0.500. The Morgan fingerprint density at radius 1 is 1.18 bits per heavy atom. The number of rotatable bonds is 5. The zero-order chi connectivity index (χ0) is 13.0. The molecule has 1 unspecified atom stereocenters. The summed E-state index contributed by atoms with van der Waals surface area (Å²) in [6, 6.07) is 1.66. The van der Waals surface area contributed by atoms with Crippen molar-refractivity contribution in [1.29, 1.82) is 0 Å². The predicted octanol–water partition coefficient (Wildman–Crippen LogP) is 2.46. The topological polar surface area (TPSA) is 47.9 Å². The van der Waals surface area contributed by atoms with Crippen molar-refractivity contribution in [3.8, 4) is 17.2 Å². The van der Waals surface area contributed by atoms with Gasteiger partial charge in [-0.25, -0.2) is 0 Å². The second-order valence-corrected chi connectivity index (χ2v) is 4.00. The summed E-state index contributed by atoms with van der Waals surface area (Å²) in [4.78, 5) is 0. The van der Waals surface area contributed by atoms with E-state index in [1.807, 2.05) is 6.92 Å². The Morgan fingerprint density at radius 3 is 2.18 bits per heavy atom. The lowest BCUT2D eigenvalue weighted by molar-refractivity contribution is 0.267. The van der Waals surface area contributed by atoms with Gasteiger partial charge in [-0.1, -0.05) is 18.5 Å². The first-order chi connectivity index (χ1) is 8.10. The first kappa shape index (κ1) is 13.9. The van der Waals surface area contributed by atoms with Crippen molar-refractivity contribution in [1.82, 2.24) is 0 Å². The molecule has 1 N–H and O–H groups in total. The molecule has 0 aliphatic heterocycles. The van der Waals surface area contributed by atoms with Crippen LogP contribution in [0.4, 0.5) is 0 Å². The summed E-state index contributed by atoms with van der Waals surface area (Å²) >= 11 is 6.22. The second kappa shape index (κ2) is 5.98. The molecule has 0 heterocycles. The summed E-state index contributed by atoms with van der Waals surface area (Å²) in [5, 5.41) is 9.70. The molecule has 1 aromatic rings. The van der Waals surface area contributed by atoms with E-state index in [2.05, 4.69) is 0 Å². The molecule has 0 saturated heterocycles. The van der Waals surface area contributed by atoms with Gasteiger partial charge in [-0.05, 0) is 0 Å². The van der Waals surface area contributed by atoms with E-state index in [1.54, 1.807) is 13.2 Å². The number of hydrogen-bond donors (Lipinski definition) is 1. The molecule has 0 fully saturated rings. The van der Waals surface area contributed by atoms with Crippen LogP contribution in [0.5, 0.6) is 17.2 Å². The van der Waals surface area contributed by atoms with Crippen LogP contribution >= 0.6 is 11.6 Å². The highest BCUT2D eigenvalue weighted by Crippen LogP contribution is 2.45. The van der Waals surface area contributed by atoms with Gasteiger partial charge in [0.05, 0.1) is 26.4 Å². The molecule has 0 spiro atoms. The zero-order valence-corrected chi connectivity index (χ0v) is 11.2. The fourth-order valence-electron chi connectivity index (χ4n) is 1.66. The SMILES string of the molecule is COc1cc(OC)c(OC)c(C(C)CO)c1Cl. The van der Waals surface area contributed by atoms with Gasteiger partial charge >= 0.3 is 0 Å². The molecule has 0 aliphatic rings. The van der Waals surface area contributed by atoms with Crippen LogP contribution in [0.1, 0.15) is 18.4 Å². The molecule has 5 heteroatoms. The first-order valence-electron chi connectivity index (χ1n) is 5.19. The van der Waals surface area contributed by atoms with E-state index in [0.29, 0.717) is 27.8 Å². The monoisotopic (exact) mass is 260 g/mol. The van der Waals surface area contributed by atoms with Gasteiger partial charge in [0.1, 0.15) is 5.75 Å². The molecule has 0 aromatic heterocycles. The normalized spacial score (nSPS) is 12.1. The molecule has 0 bridgehead atoms. The number of halogens is 1. The summed E-state index contributed by atoms with van der Waals surface area (Å²) in [5.74, 6) is 1.39. The van der Waals surface area contributed by atoms with E-state index < -0.39 is 0 Å². The highest BCUT2D eigenvalue weighted by Gasteiger charge is 2.22. The van der Waals surface area contributed by atoms with Crippen molar-refractivity contribution >= 4 is 11.6 Å². The van der Waals surface area contributed by atoms with Gasteiger partial charge in [-0.2, -0.15) is 0 Å². The fourth-order valence-corrected chi connectivity index (χ4v) is 2.06. The highest BCUT2D eigenvalue weighted by molar-refractivity contribution is 6.33. The highest BCUT2D eigenvalue weighted by atomic mass is 35.5. The van der Waals surface area contributed by atoms with Crippen molar-refractivity contribution in [2.75, 3.05) is 27.9 Å². The van der Waals surface area contributed by atoms with Crippen molar-refractivity contribution in [3.63, 3.8) is 0 Å². The lowest BCUT2D eigenvalue weighted by atomic mass is 10.00. The van der Waals surface area contributed by atoms with Crippen LogP contribution in [0.25, 0.3) is 0 Å². The van der Waals surface area contributed by atoms with Crippen LogP contribution in [-0.2, 0) is 0 Å². The van der Waals surface area contributed by atoms with Crippen molar-refractivity contribution < 1.29 is 19.3 Å². The van der Waals surface area contributed by atoms with Crippen LogP contribution < -0.4 is 14.2 Å². The van der Waals surface area contributed by atoms with Gasteiger partial charge in [-0.3, -0.25) is 0 Å². The predicted molar refractivity (Wildman–Crippen MR) is 66.6 cm³/mol. The van der Waals surface area contributed by atoms with E-state index in [4.69, 9.17) is 25.8 Å². The number of ether oxygens (including phenoxy) is 3. The summed E-state index contributed by atoms with van der Waals surface area (Å²) in [6.07, 6.45) is 0. The minimum atomic E-state index is -0.165. The zero-order valence-electron chi connectivity index (χ0n) is 10.4. The molecule has 1 rings (SSSR count). The third kappa shape index (κ3) is 2.58. The molecular weight excluding hydrogens is 244 g/mol. The van der Waals surface area contributed by atoms with Crippen molar-refractivity contribution in [2.24, 2.45) is 0 Å². The Morgan fingerprint density at radius 2 is 1.76 bits per heavy atom. The van der Waals surface area contributed by atoms with E-state index in [0.717, 1.165) is 0 Å². The number of benzene rings is 1. The lowest BCUT2D eigenvalue weighted by Crippen LogP contribution is -2.05. The number of aliphatic hydroxyl groups is 1. The number of hydrogen-bond acceptors (Lipinski definition) is 4. The van der Waals surface area contributed by atoms with Crippen LogP contribution in [0.3, 0.4) is 0 Å². The Balaban J connectivity index is 3.49. The van der Waals surface area contributed by atoms with Crippen LogP contribution in [0, 0.1) is 0 Å². The quantitative estimate of drug-likeness (QED) is 0.884. The van der Waals surface area contributed by atoms with Crippen LogP contribution in [0.15, 0.2) is 6.07 Å². The lowest BCUT2D eigenvalue weighted by Gasteiger charge is -2.20. The van der Waals surface area contributed by atoms with Crippen molar-refractivity contribution in [2.45, 2.75) is 12.8 Å². The first-order valence-corrected chi connectivity index (χ1v) is 5.57. The molecule has 1 aromatic carbocycles. The van der Waals surface area contributed by atoms with Gasteiger partial charge in [0.15, 0.2) is 11.5 Å². The van der Waals surface area contributed by atoms with Gasteiger partial charge in [0, 0.05) is 24.2 Å². The maximum atomic E-state index is 9.26. The minimum Gasteiger partial charge on any atom is -0.495 e. The second-order valence-electron chi connectivity index (χ2n) is 3.63. The Kier molecular flexibility index (Phi) is 4.90. The molecule has 0 saturated carbocycles. The third-order valence-electron chi connectivity index (χ3n) is 2.59. The maximum Gasteiger partial charge on any atom is 0.166 e. The molecule has 1 atom stereocenters. The van der Waals surface area contributed by atoms with E-state index in [-0.39, 0.29) is 12.5 Å². The molecule has 4 nitrogen and oxygen atoms in total. The Bertz CT molecular complexity index is 393. The molecule has 0 amide bonds. The average molecular weight is 261 g/mol. The summed E-state index contributed by atoms with van der Waals surface area (Å²) in [5.41, 5.74) is 0.688. The van der Waals surface area contributed by atoms with E-state index in [9.17, 15) is 5.11 Å². The largest absolute Gasteiger partial charge is 0.495 e. The van der Waals surface area contributed by atoms with Gasteiger partial charge in [0.25, 0.3) is 0 Å².